The van der Waals surface area contributed by atoms with Crippen LogP contribution >= 0.6 is 11.3 Å². The van der Waals surface area contributed by atoms with Gasteiger partial charge in [0.2, 0.25) is 0 Å². The maximum absolute atomic E-state index is 12.4. The van der Waals surface area contributed by atoms with E-state index in [4.69, 9.17) is 10.5 Å². The molecule has 3 rings (SSSR count). The molecule has 0 fully saturated rings. The molecule has 0 unspecified atom stereocenters. The SMILES string of the molecule is CCOC(=O)c1c(Nc2ccc(C)cc2N)sc2ccccc12. The van der Waals surface area contributed by atoms with Crippen LogP contribution in [0.5, 0.6) is 0 Å². The highest BCUT2D eigenvalue weighted by Crippen LogP contribution is 2.38. The molecule has 0 radical (unpaired) electrons. The van der Waals surface area contributed by atoms with Crippen molar-refractivity contribution in [1.82, 2.24) is 0 Å². The number of carbonyl (C=O) groups is 1. The Morgan fingerprint density at radius 3 is 2.78 bits per heavy atom. The first-order valence-electron chi connectivity index (χ1n) is 7.42. The van der Waals surface area contributed by atoms with E-state index in [2.05, 4.69) is 5.32 Å². The Morgan fingerprint density at radius 2 is 2.04 bits per heavy atom. The summed E-state index contributed by atoms with van der Waals surface area (Å²) in [6, 6.07) is 13.6. The number of rotatable bonds is 4. The number of nitrogen functional groups attached to an aromatic ring is 1. The first kappa shape index (κ1) is 15.4. The van der Waals surface area contributed by atoms with Gasteiger partial charge in [0.15, 0.2) is 0 Å². The molecule has 3 aromatic rings. The standard InChI is InChI=1S/C18H18N2O2S/c1-3-22-18(21)16-12-6-4-5-7-15(12)23-17(16)20-14-9-8-11(2)10-13(14)19/h4-10,20H,3,19H2,1-2H3. The summed E-state index contributed by atoms with van der Waals surface area (Å²) in [5, 5.41) is 4.93. The number of anilines is 3. The summed E-state index contributed by atoms with van der Waals surface area (Å²) in [6.07, 6.45) is 0. The summed E-state index contributed by atoms with van der Waals surface area (Å²) >= 11 is 1.52. The molecule has 1 heterocycles. The average molecular weight is 326 g/mol. The van der Waals surface area contributed by atoms with Crippen molar-refractivity contribution in [2.45, 2.75) is 13.8 Å². The van der Waals surface area contributed by atoms with Gasteiger partial charge in [-0.3, -0.25) is 0 Å². The smallest absolute Gasteiger partial charge is 0.341 e. The first-order valence-corrected chi connectivity index (χ1v) is 8.23. The van der Waals surface area contributed by atoms with Gasteiger partial charge in [0.25, 0.3) is 0 Å². The van der Waals surface area contributed by atoms with Crippen molar-refractivity contribution in [2.75, 3.05) is 17.7 Å². The van der Waals surface area contributed by atoms with Crippen molar-refractivity contribution < 1.29 is 9.53 Å². The zero-order chi connectivity index (χ0) is 16.4. The van der Waals surface area contributed by atoms with Crippen molar-refractivity contribution in [3.05, 3.63) is 53.6 Å². The number of nitrogens with two attached hydrogens (primary N) is 1. The molecule has 23 heavy (non-hydrogen) atoms. The Labute approximate surface area is 138 Å². The highest BCUT2D eigenvalue weighted by molar-refractivity contribution is 7.23. The normalized spacial score (nSPS) is 10.7. The third-order valence-electron chi connectivity index (χ3n) is 3.53. The first-order chi connectivity index (χ1) is 11.1. The van der Waals surface area contributed by atoms with E-state index >= 15 is 0 Å². The van der Waals surface area contributed by atoms with Gasteiger partial charge < -0.3 is 15.8 Å². The minimum Gasteiger partial charge on any atom is -0.462 e. The van der Waals surface area contributed by atoms with Gasteiger partial charge in [-0.25, -0.2) is 4.79 Å². The second-order valence-corrected chi connectivity index (χ2v) is 6.29. The van der Waals surface area contributed by atoms with E-state index in [1.807, 2.05) is 49.4 Å². The van der Waals surface area contributed by atoms with E-state index in [0.717, 1.165) is 26.3 Å². The molecular weight excluding hydrogens is 308 g/mol. The Bertz CT molecular complexity index is 871. The molecule has 0 aliphatic heterocycles. The minimum absolute atomic E-state index is 0.321. The fourth-order valence-electron chi connectivity index (χ4n) is 2.46. The van der Waals surface area contributed by atoms with Crippen molar-refractivity contribution in [3.63, 3.8) is 0 Å². The zero-order valence-electron chi connectivity index (χ0n) is 13.1. The number of hydrogen-bond acceptors (Lipinski definition) is 5. The number of benzene rings is 2. The fourth-order valence-corrected chi connectivity index (χ4v) is 3.56. The van der Waals surface area contributed by atoms with Crippen LogP contribution in [0.15, 0.2) is 42.5 Å². The lowest BCUT2D eigenvalue weighted by atomic mass is 10.1. The molecule has 0 atom stereocenters. The van der Waals surface area contributed by atoms with E-state index in [1.54, 1.807) is 6.92 Å². The molecule has 0 aliphatic carbocycles. The highest BCUT2D eigenvalue weighted by Gasteiger charge is 2.20. The van der Waals surface area contributed by atoms with Crippen LogP contribution < -0.4 is 11.1 Å². The largest absolute Gasteiger partial charge is 0.462 e. The maximum atomic E-state index is 12.4. The van der Waals surface area contributed by atoms with Crippen LogP contribution in [0.1, 0.15) is 22.8 Å². The number of ether oxygens (including phenoxy) is 1. The Hall–Kier alpha value is -2.53. The van der Waals surface area contributed by atoms with Crippen molar-refractivity contribution in [2.24, 2.45) is 0 Å². The maximum Gasteiger partial charge on any atom is 0.341 e. The van der Waals surface area contributed by atoms with Crippen LogP contribution in [-0.4, -0.2) is 12.6 Å². The molecule has 0 bridgehead atoms. The van der Waals surface area contributed by atoms with E-state index in [0.29, 0.717) is 17.9 Å². The summed E-state index contributed by atoms with van der Waals surface area (Å²) in [4.78, 5) is 12.4. The fraction of sp³-hybridized carbons (Fsp3) is 0.167. The number of thiophene rings is 1. The van der Waals surface area contributed by atoms with Crippen molar-refractivity contribution in [3.8, 4) is 0 Å². The number of aryl methyl sites for hydroxylation is 1. The van der Waals surface area contributed by atoms with Gasteiger partial charge >= 0.3 is 5.97 Å². The molecule has 0 saturated heterocycles. The molecular formula is C18H18N2O2S. The number of hydrogen-bond donors (Lipinski definition) is 2. The van der Waals surface area contributed by atoms with Gasteiger partial charge in [-0.05, 0) is 37.6 Å². The van der Waals surface area contributed by atoms with Gasteiger partial charge in [-0.1, -0.05) is 24.3 Å². The second kappa shape index (κ2) is 6.30. The van der Waals surface area contributed by atoms with Crippen LogP contribution in [0, 0.1) is 6.92 Å². The van der Waals surface area contributed by atoms with Gasteiger partial charge in [0, 0.05) is 10.1 Å². The summed E-state index contributed by atoms with van der Waals surface area (Å²) in [6.45, 7) is 4.14. The Morgan fingerprint density at radius 1 is 1.26 bits per heavy atom. The van der Waals surface area contributed by atoms with Gasteiger partial charge in [0.1, 0.15) is 10.6 Å². The molecule has 0 spiro atoms. The van der Waals surface area contributed by atoms with Crippen molar-refractivity contribution in [1.29, 1.82) is 0 Å². The Balaban J connectivity index is 2.09. The molecule has 4 nitrogen and oxygen atoms in total. The van der Waals surface area contributed by atoms with E-state index in [1.165, 1.54) is 11.3 Å². The van der Waals surface area contributed by atoms with Crippen LogP contribution in [0.3, 0.4) is 0 Å². The van der Waals surface area contributed by atoms with Crippen molar-refractivity contribution >= 4 is 43.8 Å². The Kier molecular flexibility index (Phi) is 4.21. The third-order valence-corrected chi connectivity index (χ3v) is 4.62. The summed E-state index contributed by atoms with van der Waals surface area (Å²) in [5.74, 6) is -0.321. The predicted molar refractivity (Wildman–Crippen MR) is 96.7 cm³/mol. The van der Waals surface area contributed by atoms with Crippen LogP contribution in [-0.2, 0) is 4.74 Å². The van der Waals surface area contributed by atoms with Crippen LogP contribution in [0.4, 0.5) is 16.4 Å². The van der Waals surface area contributed by atoms with E-state index in [9.17, 15) is 4.79 Å². The van der Waals surface area contributed by atoms with Gasteiger partial charge in [0.05, 0.1) is 18.0 Å². The monoisotopic (exact) mass is 326 g/mol. The number of nitrogens with one attached hydrogen (secondary N) is 1. The van der Waals surface area contributed by atoms with Gasteiger partial charge in [-0.2, -0.15) is 0 Å². The second-order valence-electron chi connectivity index (χ2n) is 5.24. The summed E-state index contributed by atoms with van der Waals surface area (Å²) in [7, 11) is 0. The number of carbonyl (C=O) groups excluding carboxylic acids is 1. The molecule has 5 heteroatoms. The molecule has 0 amide bonds. The molecule has 2 aromatic carbocycles. The molecule has 118 valence electrons. The predicted octanol–water partition coefficient (Wildman–Crippen LogP) is 4.71. The topological polar surface area (TPSA) is 64.3 Å². The lowest BCUT2D eigenvalue weighted by Crippen LogP contribution is -2.06. The minimum atomic E-state index is -0.321. The lowest BCUT2D eigenvalue weighted by molar-refractivity contribution is 0.0530. The average Bonchev–Trinajstić information content (AvgIpc) is 2.88. The van der Waals surface area contributed by atoms with Crippen LogP contribution in [0.2, 0.25) is 0 Å². The summed E-state index contributed by atoms with van der Waals surface area (Å²) < 4.78 is 6.25. The lowest BCUT2D eigenvalue weighted by Gasteiger charge is -2.10. The van der Waals surface area contributed by atoms with Crippen LogP contribution in [0.25, 0.3) is 10.1 Å². The van der Waals surface area contributed by atoms with E-state index in [-0.39, 0.29) is 5.97 Å². The molecule has 3 N–H and O–H groups in total. The van der Waals surface area contributed by atoms with E-state index < -0.39 is 0 Å². The molecule has 0 aliphatic rings. The molecule has 1 aromatic heterocycles. The number of esters is 1. The third kappa shape index (κ3) is 3.00. The number of fused-ring (bicyclic) bond motifs is 1. The highest BCUT2D eigenvalue weighted by atomic mass is 32.1. The summed E-state index contributed by atoms with van der Waals surface area (Å²) in [5.41, 5.74) is 9.16. The van der Waals surface area contributed by atoms with Gasteiger partial charge in [-0.15, -0.1) is 11.3 Å². The quantitative estimate of drug-likeness (QED) is 0.538. The molecule has 0 saturated carbocycles. The zero-order valence-corrected chi connectivity index (χ0v) is 13.9.